The van der Waals surface area contributed by atoms with Crippen LogP contribution in [0, 0.1) is 0 Å². The van der Waals surface area contributed by atoms with E-state index < -0.39 is 33.6 Å². The second-order valence-electron chi connectivity index (χ2n) is 4.47. The molecule has 9 nitrogen and oxygen atoms in total. The fraction of sp³-hybridized carbons (Fsp3) is 0.154. The Bertz CT molecular complexity index is 941. The molecule has 23 heavy (non-hydrogen) atoms. The standard InChI is InChI=1S/C13H13N3O6S/c17-5-6-23(21,22)9-3-1-8(2-4-9)14-7-10-11(18)15-13(20)16-12(10)19/h1-4,7,17H,5-6H2,(H3,15,16,18,19,20). The van der Waals surface area contributed by atoms with E-state index in [0.29, 0.717) is 5.69 Å². The number of aliphatic hydroxyl groups excluding tert-OH is 1. The van der Waals surface area contributed by atoms with Crippen molar-refractivity contribution in [3.05, 3.63) is 50.7 Å². The first-order valence-electron chi connectivity index (χ1n) is 6.37. The van der Waals surface area contributed by atoms with E-state index in [2.05, 4.69) is 4.99 Å². The number of aliphatic imine (C=N–C) groups is 1. The van der Waals surface area contributed by atoms with E-state index in [1.54, 1.807) is 0 Å². The number of hydrogen-bond donors (Lipinski definition) is 4. The third kappa shape index (κ3) is 3.93. The highest BCUT2D eigenvalue weighted by Gasteiger charge is 2.13. The highest BCUT2D eigenvalue weighted by Crippen LogP contribution is 2.17. The summed E-state index contributed by atoms with van der Waals surface area (Å²) in [4.78, 5) is 30.4. The van der Waals surface area contributed by atoms with Crippen molar-refractivity contribution in [1.82, 2.24) is 9.97 Å². The maximum atomic E-state index is 11.7. The van der Waals surface area contributed by atoms with Crippen LogP contribution in [0.3, 0.4) is 0 Å². The Labute approximate surface area is 129 Å². The minimum Gasteiger partial charge on any atom is -0.494 e. The summed E-state index contributed by atoms with van der Waals surface area (Å²) < 4.78 is 23.5. The molecule has 1 aromatic heterocycles. The SMILES string of the molecule is O=c1[nH]c(O)c(C=Nc2ccc(S(=O)(=O)CCO)cc2)c(=O)[nH]1. The molecule has 0 atom stereocenters. The van der Waals surface area contributed by atoms with Crippen molar-refractivity contribution in [3.8, 4) is 5.88 Å². The van der Waals surface area contributed by atoms with Gasteiger partial charge in [0.25, 0.3) is 5.56 Å². The Hall–Kier alpha value is -2.72. The van der Waals surface area contributed by atoms with Gasteiger partial charge in [0.05, 0.1) is 22.9 Å². The Morgan fingerprint density at radius 3 is 2.35 bits per heavy atom. The summed E-state index contributed by atoms with van der Waals surface area (Å²) in [6, 6.07) is 5.43. The van der Waals surface area contributed by atoms with Crippen LogP contribution in [0.2, 0.25) is 0 Å². The zero-order valence-corrected chi connectivity index (χ0v) is 12.5. The van der Waals surface area contributed by atoms with E-state index in [4.69, 9.17) is 5.11 Å². The van der Waals surface area contributed by atoms with Crippen molar-refractivity contribution < 1.29 is 18.6 Å². The molecule has 0 aliphatic rings. The van der Waals surface area contributed by atoms with Crippen LogP contribution in [0.1, 0.15) is 5.56 Å². The number of nitrogens with one attached hydrogen (secondary N) is 2. The monoisotopic (exact) mass is 339 g/mol. The Morgan fingerprint density at radius 1 is 1.13 bits per heavy atom. The number of aliphatic hydroxyl groups is 1. The molecule has 0 saturated heterocycles. The number of aromatic hydroxyl groups is 1. The van der Waals surface area contributed by atoms with Gasteiger partial charge in [-0.1, -0.05) is 0 Å². The maximum Gasteiger partial charge on any atom is 0.328 e. The van der Waals surface area contributed by atoms with Crippen molar-refractivity contribution in [2.24, 2.45) is 4.99 Å². The summed E-state index contributed by atoms with van der Waals surface area (Å²) >= 11 is 0. The molecule has 0 bridgehead atoms. The van der Waals surface area contributed by atoms with Crippen molar-refractivity contribution in [2.75, 3.05) is 12.4 Å². The van der Waals surface area contributed by atoms with Crippen LogP contribution in [-0.2, 0) is 9.84 Å². The summed E-state index contributed by atoms with van der Waals surface area (Å²) in [5.41, 5.74) is -1.56. The molecule has 0 spiro atoms. The largest absolute Gasteiger partial charge is 0.494 e. The van der Waals surface area contributed by atoms with Crippen LogP contribution in [0.5, 0.6) is 5.88 Å². The van der Waals surface area contributed by atoms with Crippen LogP contribution < -0.4 is 11.2 Å². The lowest BCUT2D eigenvalue weighted by molar-refractivity contribution is 0.319. The fourth-order valence-electron chi connectivity index (χ4n) is 1.72. The Balaban J connectivity index is 2.29. The Morgan fingerprint density at radius 2 is 1.78 bits per heavy atom. The van der Waals surface area contributed by atoms with Crippen LogP contribution in [0.4, 0.5) is 5.69 Å². The zero-order valence-electron chi connectivity index (χ0n) is 11.7. The zero-order chi connectivity index (χ0) is 17.0. The molecule has 10 heteroatoms. The van der Waals surface area contributed by atoms with Crippen molar-refractivity contribution in [3.63, 3.8) is 0 Å². The first-order valence-corrected chi connectivity index (χ1v) is 8.02. The quantitative estimate of drug-likeness (QED) is 0.528. The highest BCUT2D eigenvalue weighted by molar-refractivity contribution is 7.91. The molecule has 1 aromatic carbocycles. The van der Waals surface area contributed by atoms with Gasteiger partial charge in [0, 0.05) is 6.21 Å². The molecule has 2 rings (SSSR count). The van der Waals surface area contributed by atoms with Gasteiger partial charge in [0.1, 0.15) is 5.56 Å². The lowest BCUT2D eigenvalue weighted by Gasteiger charge is -2.02. The number of nitrogens with zero attached hydrogens (tertiary/aromatic N) is 1. The molecule has 0 saturated carbocycles. The molecule has 0 unspecified atom stereocenters. The lowest BCUT2D eigenvalue weighted by atomic mass is 10.3. The average molecular weight is 339 g/mol. The first kappa shape index (κ1) is 16.6. The van der Waals surface area contributed by atoms with E-state index in [-0.39, 0.29) is 16.2 Å². The summed E-state index contributed by atoms with van der Waals surface area (Å²) in [7, 11) is -3.55. The van der Waals surface area contributed by atoms with Gasteiger partial charge >= 0.3 is 5.69 Å². The number of benzene rings is 1. The van der Waals surface area contributed by atoms with Gasteiger partial charge in [-0.3, -0.25) is 19.8 Å². The molecule has 0 radical (unpaired) electrons. The van der Waals surface area contributed by atoms with Gasteiger partial charge in [0.2, 0.25) is 5.88 Å². The first-order chi connectivity index (χ1) is 10.8. The number of aromatic nitrogens is 2. The fourth-order valence-corrected chi connectivity index (χ4v) is 2.75. The molecule has 0 fully saturated rings. The minimum atomic E-state index is -3.55. The minimum absolute atomic E-state index is 0.0373. The second-order valence-corrected chi connectivity index (χ2v) is 6.57. The summed E-state index contributed by atoms with van der Waals surface area (Å²) in [5, 5.41) is 18.2. The summed E-state index contributed by atoms with van der Waals surface area (Å²) in [5.74, 6) is -0.999. The molecule has 1 heterocycles. The van der Waals surface area contributed by atoms with Gasteiger partial charge < -0.3 is 10.2 Å². The second kappa shape index (κ2) is 6.58. The van der Waals surface area contributed by atoms with E-state index in [0.717, 1.165) is 6.21 Å². The van der Waals surface area contributed by atoms with Crippen LogP contribution in [0.25, 0.3) is 0 Å². The van der Waals surface area contributed by atoms with Gasteiger partial charge in [-0.25, -0.2) is 13.2 Å². The number of H-pyrrole nitrogens is 2. The lowest BCUT2D eigenvalue weighted by Crippen LogP contribution is -2.24. The van der Waals surface area contributed by atoms with E-state index >= 15 is 0 Å². The van der Waals surface area contributed by atoms with E-state index in [9.17, 15) is 23.1 Å². The summed E-state index contributed by atoms with van der Waals surface area (Å²) in [6.45, 7) is -0.476. The van der Waals surface area contributed by atoms with Gasteiger partial charge in [-0.15, -0.1) is 0 Å². The van der Waals surface area contributed by atoms with Crippen LogP contribution in [0.15, 0.2) is 43.7 Å². The summed E-state index contributed by atoms with van der Waals surface area (Å²) in [6.07, 6.45) is 1.04. The number of aromatic amines is 2. The number of sulfone groups is 1. The number of rotatable bonds is 5. The smallest absolute Gasteiger partial charge is 0.328 e. The predicted molar refractivity (Wildman–Crippen MR) is 82.2 cm³/mol. The van der Waals surface area contributed by atoms with Gasteiger partial charge in [0.15, 0.2) is 9.84 Å². The molecule has 0 amide bonds. The molecule has 0 aliphatic carbocycles. The molecule has 2 aromatic rings. The van der Waals surface area contributed by atoms with E-state index in [1.807, 2.05) is 9.97 Å². The maximum absolute atomic E-state index is 11.7. The van der Waals surface area contributed by atoms with Crippen molar-refractivity contribution in [1.29, 1.82) is 0 Å². The predicted octanol–water partition coefficient (Wildman–Crippen LogP) is -0.715. The third-order valence-corrected chi connectivity index (χ3v) is 4.57. The molecule has 0 aliphatic heterocycles. The topological polar surface area (TPSA) is 153 Å². The third-order valence-electron chi connectivity index (χ3n) is 2.86. The Kier molecular flexibility index (Phi) is 4.77. The highest BCUT2D eigenvalue weighted by atomic mass is 32.2. The van der Waals surface area contributed by atoms with Gasteiger partial charge in [-0.05, 0) is 24.3 Å². The normalized spacial score (nSPS) is 11.9. The molecular formula is C13H13N3O6S. The average Bonchev–Trinajstić information content (AvgIpc) is 2.46. The van der Waals surface area contributed by atoms with Crippen LogP contribution in [-0.4, -0.2) is 47.2 Å². The van der Waals surface area contributed by atoms with Gasteiger partial charge in [-0.2, -0.15) is 0 Å². The number of hydrogen-bond acceptors (Lipinski definition) is 7. The van der Waals surface area contributed by atoms with Crippen molar-refractivity contribution >= 4 is 21.7 Å². The molecule has 4 N–H and O–H groups in total. The van der Waals surface area contributed by atoms with E-state index in [1.165, 1.54) is 24.3 Å². The molecule has 122 valence electrons. The van der Waals surface area contributed by atoms with Crippen LogP contribution >= 0.6 is 0 Å². The van der Waals surface area contributed by atoms with Crippen molar-refractivity contribution in [2.45, 2.75) is 4.90 Å². The molecular weight excluding hydrogens is 326 g/mol.